The van der Waals surface area contributed by atoms with Crippen LogP contribution >= 0.6 is 39.9 Å². The van der Waals surface area contributed by atoms with Crippen molar-refractivity contribution >= 4 is 56.2 Å². The fraction of sp³-hybridized carbons (Fsp3) is 0.222. The summed E-state index contributed by atoms with van der Waals surface area (Å²) in [6, 6.07) is 11.8. The molecular weight excluding hydrogens is 406 g/mol. The summed E-state index contributed by atoms with van der Waals surface area (Å²) in [5, 5.41) is 0. The van der Waals surface area contributed by atoms with Gasteiger partial charge in [-0.3, -0.25) is 9.69 Å². The van der Waals surface area contributed by atoms with Crippen LogP contribution in [0.25, 0.3) is 17.4 Å². The molecule has 2 heterocycles. The number of furan rings is 1. The average Bonchev–Trinajstić information content (AvgIpc) is 3.12. The van der Waals surface area contributed by atoms with Gasteiger partial charge in [-0.25, -0.2) is 0 Å². The molecule has 1 atom stereocenters. The highest BCUT2D eigenvalue weighted by atomic mass is 79.9. The number of halogens is 1. The van der Waals surface area contributed by atoms with Crippen molar-refractivity contribution in [2.75, 3.05) is 0 Å². The number of benzene rings is 1. The van der Waals surface area contributed by atoms with E-state index in [2.05, 4.69) is 15.9 Å². The van der Waals surface area contributed by atoms with Crippen LogP contribution in [0.5, 0.6) is 0 Å². The maximum Gasteiger partial charge on any atom is 0.266 e. The largest absolute Gasteiger partial charge is 0.457 e. The molecule has 2 aromatic rings. The van der Waals surface area contributed by atoms with Crippen molar-refractivity contribution in [2.45, 2.75) is 26.3 Å². The van der Waals surface area contributed by atoms with Gasteiger partial charge in [-0.05, 0) is 37.6 Å². The Balaban J connectivity index is 1.85. The van der Waals surface area contributed by atoms with Gasteiger partial charge in [0.25, 0.3) is 5.91 Å². The molecule has 0 saturated carbocycles. The van der Waals surface area contributed by atoms with Crippen LogP contribution in [0.4, 0.5) is 0 Å². The summed E-state index contributed by atoms with van der Waals surface area (Å²) in [5.74, 6) is 1.37. The second-order valence-electron chi connectivity index (χ2n) is 5.52. The SMILES string of the molecule is CC[C@H](C)N1C(=O)/C(=C\c2ccc(-c3cccc(Br)c3)o2)SC1=S. The van der Waals surface area contributed by atoms with Crippen LogP contribution in [-0.2, 0) is 4.79 Å². The van der Waals surface area contributed by atoms with Crippen molar-refractivity contribution in [1.29, 1.82) is 0 Å². The van der Waals surface area contributed by atoms with Crippen LogP contribution in [0.15, 0.2) is 50.2 Å². The van der Waals surface area contributed by atoms with Gasteiger partial charge in [-0.2, -0.15) is 0 Å². The third-order valence-electron chi connectivity index (χ3n) is 3.86. The first-order chi connectivity index (χ1) is 11.5. The Kier molecular flexibility index (Phi) is 5.27. The number of hydrogen-bond donors (Lipinski definition) is 0. The number of hydrogen-bond acceptors (Lipinski definition) is 4. The zero-order chi connectivity index (χ0) is 17.3. The standard InChI is InChI=1S/C18H16BrNO2S2/c1-3-11(2)20-17(21)16(24-18(20)23)10-14-7-8-15(22-14)12-5-4-6-13(19)9-12/h4-11H,3H2,1-2H3/b16-10+/t11-/m0/s1. The van der Waals surface area contributed by atoms with Crippen LogP contribution in [-0.4, -0.2) is 21.2 Å². The van der Waals surface area contributed by atoms with E-state index in [1.807, 2.05) is 50.2 Å². The number of carbonyl (C=O) groups excluding carboxylic acids is 1. The molecule has 124 valence electrons. The molecular formula is C18H16BrNO2S2. The first-order valence-electron chi connectivity index (χ1n) is 7.62. The van der Waals surface area contributed by atoms with E-state index in [0.717, 1.165) is 22.2 Å². The lowest BCUT2D eigenvalue weighted by Gasteiger charge is -2.21. The van der Waals surface area contributed by atoms with E-state index in [0.29, 0.717) is 15.0 Å². The van der Waals surface area contributed by atoms with Gasteiger partial charge >= 0.3 is 0 Å². The van der Waals surface area contributed by atoms with Crippen LogP contribution in [0.3, 0.4) is 0 Å². The summed E-state index contributed by atoms with van der Waals surface area (Å²) in [6.45, 7) is 4.05. The minimum Gasteiger partial charge on any atom is -0.457 e. The smallest absolute Gasteiger partial charge is 0.266 e. The molecule has 1 aromatic carbocycles. The Morgan fingerprint density at radius 1 is 1.38 bits per heavy atom. The van der Waals surface area contributed by atoms with Crippen LogP contribution in [0.2, 0.25) is 0 Å². The highest BCUT2D eigenvalue weighted by Gasteiger charge is 2.34. The Labute approximate surface area is 159 Å². The molecule has 3 rings (SSSR count). The second-order valence-corrected chi connectivity index (χ2v) is 8.11. The summed E-state index contributed by atoms with van der Waals surface area (Å²) >= 11 is 10.1. The Morgan fingerprint density at radius 2 is 2.17 bits per heavy atom. The Hall–Kier alpha value is -1.37. The predicted octanol–water partition coefficient (Wildman–Crippen LogP) is 5.71. The summed E-state index contributed by atoms with van der Waals surface area (Å²) in [7, 11) is 0. The maximum atomic E-state index is 12.5. The average molecular weight is 422 g/mol. The molecule has 0 N–H and O–H groups in total. The van der Waals surface area contributed by atoms with Crippen molar-refractivity contribution in [3.63, 3.8) is 0 Å². The molecule has 0 radical (unpaired) electrons. The van der Waals surface area contributed by atoms with E-state index in [1.54, 1.807) is 11.0 Å². The van der Waals surface area contributed by atoms with Gasteiger partial charge < -0.3 is 4.42 Å². The van der Waals surface area contributed by atoms with Crippen LogP contribution in [0, 0.1) is 0 Å². The van der Waals surface area contributed by atoms with Crippen LogP contribution < -0.4 is 0 Å². The molecule has 1 aliphatic rings. The number of thiocarbonyl (C=S) groups is 1. The van der Waals surface area contributed by atoms with E-state index in [9.17, 15) is 4.79 Å². The van der Waals surface area contributed by atoms with Gasteiger partial charge in [-0.15, -0.1) is 0 Å². The highest BCUT2D eigenvalue weighted by molar-refractivity contribution is 9.10. The molecule has 1 aliphatic heterocycles. The van der Waals surface area contributed by atoms with Gasteiger partial charge in [0.2, 0.25) is 0 Å². The summed E-state index contributed by atoms with van der Waals surface area (Å²) in [5.41, 5.74) is 0.983. The number of amides is 1. The first kappa shape index (κ1) is 17.5. The van der Waals surface area contributed by atoms with Crippen molar-refractivity contribution in [1.82, 2.24) is 4.90 Å². The third kappa shape index (κ3) is 3.50. The van der Waals surface area contributed by atoms with Gasteiger partial charge in [0.05, 0.1) is 4.91 Å². The van der Waals surface area contributed by atoms with Crippen LogP contribution in [0.1, 0.15) is 26.0 Å². The minimum atomic E-state index is -0.0419. The molecule has 6 heteroatoms. The van der Waals surface area contributed by atoms with E-state index in [4.69, 9.17) is 16.6 Å². The van der Waals surface area contributed by atoms with Crippen molar-refractivity contribution in [3.05, 3.63) is 51.5 Å². The van der Waals surface area contributed by atoms with E-state index in [-0.39, 0.29) is 11.9 Å². The lowest BCUT2D eigenvalue weighted by molar-refractivity contribution is -0.123. The lowest BCUT2D eigenvalue weighted by Crippen LogP contribution is -2.36. The van der Waals surface area contributed by atoms with Crippen molar-refractivity contribution < 1.29 is 9.21 Å². The highest BCUT2D eigenvalue weighted by Crippen LogP contribution is 2.35. The monoisotopic (exact) mass is 421 g/mol. The number of thioether (sulfide) groups is 1. The van der Waals surface area contributed by atoms with E-state index >= 15 is 0 Å². The Bertz CT molecular complexity index is 828. The lowest BCUT2D eigenvalue weighted by atomic mass is 10.2. The predicted molar refractivity (Wildman–Crippen MR) is 107 cm³/mol. The van der Waals surface area contributed by atoms with E-state index in [1.165, 1.54) is 11.8 Å². The summed E-state index contributed by atoms with van der Waals surface area (Å²) in [6.07, 6.45) is 2.64. The molecule has 0 aliphatic carbocycles. The first-order valence-corrected chi connectivity index (χ1v) is 9.64. The van der Waals surface area contributed by atoms with Gasteiger partial charge in [0.15, 0.2) is 0 Å². The number of carbonyl (C=O) groups is 1. The van der Waals surface area contributed by atoms with Gasteiger partial charge in [-0.1, -0.05) is 59.0 Å². The molecule has 3 nitrogen and oxygen atoms in total. The zero-order valence-electron chi connectivity index (χ0n) is 13.3. The Morgan fingerprint density at radius 3 is 2.88 bits per heavy atom. The molecule has 0 unspecified atom stereocenters. The molecule has 0 bridgehead atoms. The van der Waals surface area contributed by atoms with Crippen molar-refractivity contribution in [2.24, 2.45) is 0 Å². The molecule has 0 spiro atoms. The fourth-order valence-electron chi connectivity index (χ4n) is 2.40. The third-order valence-corrected chi connectivity index (χ3v) is 5.69. The maximum absolute atomic E-state index is 12.5. The second kappa shape index (κ2) is 7.25. The molecule has 1 saturated heterocycles. The fourth-order valence-corrected chi connectivity index (χ4v) is 4.24. The molecule has 24 heavy (non-hydrogen) atoms. The summed E-state index contributed by atoms with van der Waals surface area (Å²) < 4.78 is 7.47. The quantitative estimate of drug-likeness (QED) is 0.467. The van der Waals surface area contributed by atoms with E-state index < -0.39 is 0 Å². The summed E-state index contributed by atoms with van der Waals surface area (Å²) in [4.78, 5) is 14.8. The molecule has 1 amide bonds. The number of rotatable bonds is 4. The molecule has 1 fully saturated rings. The topological polar surface area (TPSA) is 33.5 Å². The zero-order valence-corrected chi connectivity index (χ0v) is 16.5. The number of nitrogens with zero attached hydrogens (tertiary/aromatic N) is 1. The minimum absolute atomic E-state index is 0.0419. The molecule has 1 aromatic heterocycles. The van der Waals surface area contributed by atoms with Gasteiger partial charge in [0.1, 0.15) is 15.8 Å². The van der Waals surface area contributed by atoms with Gasteiger partial charge in [0, 0.05) is 22.2 Å². The van der Waals surface area contributed by atoms with Crippen molar-refractivity contribution in [3.8, 4) is 11.3 Å². The normalized spacial score (nSPS) is 17.8.